The molecular formula is C12H16ClN3O4. The Morgan fingerprint density at radius 3 is 2.80 bits per heavy atom. The molecule has 0 saturated carbocycles. The van der Waals surface area contributed by atoms with E-state index in [1.807, 2.05) is 6.92 Å². The summed E-state index contributed by atoms with van der Waals surface area (Å²) in [5, 5.41) is 13.5. The maximum absolute atomic E-state index is 12.0. The Kier molecular flexibility index (Phi) is 5.72. The van der Waals surface area contributed by atoms with Crippen LogP contribution in [0, 0.1) is 10.1 Å². The topological polar surface area (TPSA) is 107 Å². The van der Waals surface area contributed by atoms with E-state index < -0.39 is 10.8 Å². The number of nitrogens with two attached hydrogens (primary N) is 1. The van der Waals surface area contributed by atoms with Crippen LogP contribution in [0.5, 0.6) is 0 Å². The van der Waals surface area contributed by atoms with Gasteiger partial charge in [-0.25, -0.2) is 0 Å². The summed E-state index contributed by atoms with van der Waals surface area (Å²) in [4.78, 5) is 22.1. The van der Waals surface area contributed by atoms with Crippen LogP contribution in [0.4, 0.5) is 11.4 Å². The number of nitrogens with one attached hydrogen (secondary N) is 1. The number of nitrogen functional groups attached to an aromatic ring is 1. The molecule has 110 valence electrons. The molecule has 1 amide bonds. The molecule has 3 N–H and O–H groups in total. The number of ether oxygens (including phenoxy) is 1. The fraction of sp³-hybridized carbons (Fsp3) is 0.417. The normalized spacial score (nSPS) is 11.9. The van der Waals surface area contributed by atoms with Crippen LogP contribution >= 0.6 is 11.6 Å². The van der Waals surface area contributed by atoms with Gasteiger partial charge in [0.05, 0.1) is 16.6 Å². The van der Waals surface area contributed by atoms with E-state index >= 15 is 0 Å². The third-order valence-electron chi connectivity index (χ3n) is 2.52. The zero-order chi connectivity index (χ0) is 15.3. The second kappa shape index (κ2) is 7.06. The number of anilines is 1. The van der Waals surface area contributed by atoms with E-state index in [9.17, 15) is 14.9 Å². The van der Waals surface area contributed by atoms with Gasteiger partial charge < -0.3 is 15.8 Å². The highest BCUT2D eigenvalue weighted by Gasteiger charge is 2.20. The van der Waals surface area contributed by atoms with E-state index in [0.717, 1.165) is 6.07 Å². The molecule has 0 aromatic heterocycles. The summed E-state index contributed by atoms with van der Waals surface area (Å²) >= 11 is 5.79. The lowest BCUT2D eigenvalue weighted by molar-refractivity contribution is -0.383. The first-order valence-corrected chi connectivity index (χ1v) is 6.36. The Morgan fingerprint density at radius 1 is 1.60 bits per heavy atom. The average molecular weight is 302 g/mol. The van der Waals surface area contributed by atoms with E-state index in [2.05, 4.69) is 5.32 Å². The van der Waals surface area contributed by atoms with Crippen molar-refractivity contribution in [3.05, 3.63) is 32.8 Å². The van der Waals surface area contributed by atoms with E-state index in [1.165, 1.54) is 6.07 Å². The molecule has 0 saturated heterocycles. The van der Waals surface area contributed by atoms with E-state index in [4.69, 9.17) is 22.1 Å². The van der Waals surface area contributed by atoms with Crippen molar-refractivity contribution in [2.24, 2.45) is 0 Å². The summed E-state index contributed by atoms with van der Waals surface area (Å²) in [6, 6.07) is 2.18. The summed E-state index contributed by atoms with van der Waals surface area (Å²) in [5.74, 6) is -0.470. The quantitative estimate of drug-likeness (QED) is 0.474. The summed E-state index contributed by atoms with van der Waals surface area (Å²) in [6.07, 6.45) is 0. The maximum Gasteiger partial charge on any atom is 0.294 e. The number of nitro benzene ring substituents is 1. The largest absolute Gasteiger partial charge is 0.392 e. The fourth-order valence-corrected chi connectivity index (χ4v) is 1.74. The molecular weight excluding hydrogens is 286 g/mol. The zero-order valence-electron chi connectivity index (χ0n) is 11.2. The monoisotopic (exact) mass is 301 g/mol. The number of benzene rings is 1. The van der Waals surface area contributed by atoms with E-state index in [-0.39, 0.29) is 28.0 Å². The zero-order valence-corrected chi connectivity index (χ0v) is 11.9. The van der Waals surface area contributed by atoms with Crippen LogP contribution < -0.4 is 11.1 Å². The van der Waals surface area contributed by atoms with Crippen LogP contribution in [0.25, 0.3) is 0 Å². The molecule has 0 aliphatic rings. The SMILES string of the molecule is CCOCC(C)NC(=O)c1cc(Cl)c(N)c([N+](=O)[O-])c1. The number of nitro groups is 1. The minimum atomic E-state index is -0.679. The van der Waals surface area contributed by atoms with Crippen LogP contribution in [0.1, 0.15) is 24.2 Å². The lowest BCUT2D eigenvalue weighted by Gasteiger charge is -2.14. The number of nitrogens with zero attached hydrogens (tertiary/aromatic N) is 1. The molecule has 8 heteroatoms. The van der Waals surface area contributed by atoms with Gasteiger partial charge >= 0.3 is 0 Å². The first-order valence-electron chi connectivity index (χ1n) is 5.98. The molecule has 1 atom stereocenters. The van der Waals surface area contributed by atoms with Crippen LogP contribution in [0.2, 0.25) is 5.02 Å². The number of carbonyl (C=O) groups is 1. The van der Waals surface area contributed by atoms with Gasteiger partial charge in [-0.15, -0.1) is 0 Å². The Morgan fingerprint density at radius 2 is 2.25 bits per heavy atom. The minimum absolute atomic E-state index is 0.0261. The van der Waals surface area contributed by atoms with Gasteiger partial charge in [0.2, 0.25) is 0 Å². The van der Waals surface area contributed by atoms with Gasteiger partial charge in [-0.2, -0.15) is 0 Å². The highest BCUT2D eigenvalue weighted by molar-refractivity contribution is 6.34. The molecule has 0 aliphatic carbocycles. The lowest BCUT2D eigenvalue weighted by atomic mass is 10.1. The second-order valence-electron chi connectivity index (χ2n) is 4.18. The van der Waals surface area contributed by atoms with Crippen molar-refractivity contribution in [2.75, 3.05) is 18.9 Å². The summed E-state index contributed by atoms with van der Waals surface area (Å²) < 4.78 is 5.17. The number of halogens is 1. The van der Waals surface area contributed by atoms with Gasteiger partial charge in [0.25, 0.3) is 11.6 Å². The van der Waals surface area contributed by atoms with Crippen LogP contribution in [0.3, 0.4) is 0 Å². The molecule has 0 radical (unpaired) electrons. The number of hydrogen-bond acceptors (Lipinski definition) is 5. The standard InChI is InChI=1S/C12H16ClN3O4/c1-3-20-6-7(2)15-12(17)8-4-9(13)11(14)10(5-8)16(18)19/h4-5,7H,3,6,14H2,1-2H3,(H,15,17). The molecule has 1 aromatic rings. The van der Waals surface area contributed by atoms with Gasteiger partial charge in [0.15, 0.2) is 0 Å². The molecule has 0 heterocycles. The van der Waals surface area contributed by atoms with Crippen LogP contribution in [-0.4, -0.2) is 30.1 Å². The fourth-order valence-electron chi connectivity index (χ4n) is 1.53. The predicted molar refractivity (Wildman–Crippen MR) is 75.9 cm³/mol. The molecule has 0 fully saturated rings. The van der Waals surface area contributed by atoms with Crippen molar-refractivity contribution in [1.82, 2.24) is 5.32 Å². The predicted octanol–water partition coefficient (Wildman–Crippen LogP) is 1.99. The maximum atomic E-state index is 12.0. The number of hydrogen-bond donors (Lipinski definition) is 2. The Bertz CT molecular complexity index is 522. The molecule has 1 aromatic carbocycles. The number of amides is 1. The second-order valence-corrected chi connectivity index (χ2v) is 4.59. The van der Waals surface area contributed by atoms with Crippen molar-refractivity contribution in [2.45, 2.75) is 19.9 Å². The highest BCUT2D eigenvalue weighted by atomic mass is 35.5. The van der Waals surface area contributed by atoms with Crippen molar-refractivity contribution < 1.29 is 14.5 Å². The molecule has 0 aliphatic heterocycles. The summed E-state index contributed by atoms with van der Waals surface area (Å²) in [5.41, 5.74) is 5.03. The lowest BCUT2D eigenvalue weighted by Crippen LogP contribution is -2.35. The van der Waals surface area contributed by atoms with Gasteiger partial charge in [0.1, 0.15) is 5.69 Å². The Balaban J connectivity index is 2.91. The summed E-state index contributed by atoms with van der Waals surface area (Å²) in [6.45, 7) is 4.50. The minimum Gasteiger partial charge on any atom is -0.392 e. The smallest absolute Gasteiger partial charge is 0.294 e. The first kappa shape index (κ1) is 16.2. The van der Waals surface area contributed by atoms with Gasteiger partial charge in [0, 0.05) is 24.3 Å². The van der Waals surface area contributed by atoms with Crippen LogP contribution in [0.15, 0.2) is 12.1 Å². The van der Waals surface area contributed by atoms with E-state index in [1.54, 1.807) is 6.92 Å². The third-order valence-corrected chi connectivity index (χ3v) is 2.83. The van der Waals surface area contributed by atoms with Gasteiger partial charge in [-0.05, 0) is 19.9 Å². The van der Waals surface area contributed by atoms with Gasteiger partial charge in [-0.1, -0.05) is 11.6 Å². The summed E-state index contributed by atoms with van der Waals surface area (Å²) in [7, 11) is 0. The average Bonchev–Trinajstić information content (AvgIpc) is 2.38. The molecule has 20 heavy (non-hydrogen) atoms. The van der Waals surface area contributed by atoms with Crippen molar-refractivity contribution >= 4 is 28.9 Å². The highest BCUT2D eigenvalue weighted by Crippen LogP contribution is 2.30. The molecule has 7 nitrogen and oxygen atoms in total. The molecule has 0 bridgehead atoms. The number of carbonyl (C=O) groups excluding carboxylic acids is 1. The third kappa shape index (κ3) is 4.07. The van der Waals surface area contributed by atoms with Crippen LogP contribution in [-0.2, 0) is 4.74 Å². The van der Waals surface area contributed by atoms with Gasteiger partial charge in [-0.3, -0.25) is 14.9 Å². The van der Waals surface area contributed by atoms with Crippen molar-refractivity contribution in [3.63, 3.8) is 0 Å². The van der Waals surface area contributed by atoms with E-state index in [0.29, 0.717) is 13.2 Å². The first-order chi connectivity index (χ1) is 9.36. The molecule has 0 spiro atoms. The molecule has 1 unspecified atom stereocenters. The molecule has 1 rings (SSSR count). The Hall–Kier alpha value is -1.86. The van der Waals surface area contributed by atoms with Crippen molar-refractivity contribution in [1.29, 1.82) is 0 Å². The Labute approximate surface area is 121 Å². The number of rotatable bonds is 6. The van der Waals surface area contributed by atoms with Crippen molar-refractivity contribution in [3.8, 4) is 0 Å².